The monoisotopic (exact) mass is 375 g/mol. The maximum Gasteiger partial charge on any atom is 0.319 e. The van der Waals surface area contributed by atoms with Gasteiger partial charge in [-0.1, -0.05) is 0 Å². The molecule has 3 aromatic heterocycles. The van der Waals surface area contributed by atoms with Crippen LogP contribution in [0.2, 0.25) is 0 Å². The summed E-state index contributed by atoms with van der Waals surface area (Å²) in [5.41, 5.74) is 1.41. The van der Waals surface area contributed by atoms with Crippen LogP contribution in [-0.2, 0) is 6.54 Å². The van der Waals surface area contributed by atoms with E-state index in [0.29, 0.717) is 18.8 Å². The number of thiazole rings is 1. The van der Waals surface area contributed by atoms with Crippen LogP contribution in [0.4, 0.5) is 9.80 Å². The Balaban J connectivity index is 1.64. The third-order valence-electron chi connectivity index (χ3n) is 3.37. The highest BCUT2D eigenvalue weighted by Crippen LogP contribution is 2.27. The van der Waals surface area contributed by atoms with Crippen molar-refractivity contribution in [1.29, 1.82) is 0 Å². The molecule has 0 radical (unpaired) electrons. The number of nitrogens with zero attached hydrogens (tertiary/aromatic N) is 3. The van der Waals surface area contributed by atoms with Gasteiger partial charge < -0.3 is 5.32 Å². The first kappa shape index (κ1) is 17.3. The molecular formula is C16H17N5O2S2. The molecule has 2 amide bonds. The third-order valence-corrected chi connectivity index (χ3v) is 5.25. The molecule has 3 rings (SSSR count). The second kappa shape index (κ2) is 7.58. The van der Waals surface area contributed by atoms with Gasteiger partial charge in [-0.2, -0.15) is 5.10 Å². The van der Waals surface area contributed by atoms with Crippen LogP contribution in [-0.4, -0.2) is 27.3 Å². The first-order valence-electron chi connectivity index (χ1n) is 7.64. The van der Waals surface area contributed by atoms with Crippen molar-refractivity contribution in [1.82, 2.24) is 20.1 Å². The maximum absolute atomic E-state index is 12.0. The smallest absolute Gasteiger partial charge is 0.319 e. The number of thiophene rings is 1. The molecule has 0 aliphatic heterocycles. The van der Waals surface area contributed by atoms with E-state index in [-0.39, 0.29) is 11.6 Å². The molecule has 0 aliphatic rings. The highest BCUT2D eigenvalue weighted by molar-refractivity contribution is 7.15. The largest absolute Gasteiger partial charge is 0.336 e. The van der Waals surface area contributed by atoms with Crippen LogP contribution >= 0.6 is 22.7 Å². The van der Waals surface area contributed by atoms with Gasteiger partial charge in [0.2, 0.25) is 0 Å². The SMILES string of the molecule is Cc1nc(C)c(-c2ccc(=O)n(CCNC(=O)Nc3cccs3)n2)s1. The van der Waals surface area contributed by atoms with Crippen LogP contribution in [0.15, 0.2) is 34.4 Å². The Morgan fingerprint density at radius 3 is 2.80 bits per heavy atom. The van der Waals surface area contributed by atoms with E-state index >= 15 is 0 Å². The van der Waals surface area contributed by atoms with E-state index in [1.165, 1.54) is 22.1 Å². The van der Waals surface area contributed by atoms with Crippen molar-refractivity contribution in [3.63, 3.8) is 0 Å². The predicted molar refractivity (Wildman–Crippen MR) is 100 cm³/mol. The van der Waals surface area contributed by atoms with Crippen molar-refractivity contribution in [3.8, 4) is 10.6 Å². The Bertz CT molecular complexity index is 930. The quantitative estimate of drug-likeness (QED) is 0.718. The van der Waals surface area contributed by atoms with Gasteiger partial charge in [-0.15, -0.1) is 22.7 Å². The molecule has 0 aromatic carbocycles. The number of nitrogens with one attached hydrogen (secondary N) is 2. The van der Waals surface area contributed by atoms with E-state index in [1.807, 2.05) is 31.4 Å². The molecule has 25 heavy (non-hydrogen) atoms. The molecule has 0 fully saturated rings. The van der Waals surface area contributed by atoms with Crippen LogP contribution in [0.3, 0.4) is 0 Å². The van der Waals surface area contributed by atoms with Crippen molar-refractivity contribution in [2.75, 3.05) is 11.9 Å². The number of rotatable bonds is 5. The lowest BCUT2D eigenvalue weighted by molar-refractivity contribution is 0.251. The molecule has 3 aromatic rings. The topological polar surface area (TPSA) is 88.9 Å². The number of carbonyl (C=O) groups is 1. The van der Waals surface area contributed by atoms with E-state index in [0.717, 1.165) is 20.6 Å². The summed E-state index contributed by atoms with van der Waals surface area (Å²) in [6.45, 7) is 4.45. The Morgan fingerprint density at radius 1 is 1.28 bits per heavy atom. The summed E-state index contributed by atoms with van der Waals surface area (Å²) in [6.07, 6.45) is 0. The molecule has 0 saturated carbocycles. The zero-order valence-corrected chi connectivity index (χ0v) is 15.4. The molecule has 0 unspecified atom stereocenters. The first-order chi connectivity index (χ1) is 12.0. The molecular weight excluding hydrogens is 358 g/mol. The Hall–Kier alpha value is -2.52. The fourth-order valence-electron chi connectivity index (χ4n) is 2.28. The standard InChI is InChI=1S/C16H17N5O2S2/c1-10-15(25-11(2)18-10)12-5-6-14(22)21(20-12)8-7-17-16(23)19-13-4-3-9-24-13/h3-6,9H,7-8H2,1-2H3,(H2,17,19,23). The molecule has 130 valence electrons. The second-order valence-corrected chi connectivity index (χ2v) is 7.44. The normalized spacial score (nSPS) is 10.6. The number of carbonyl (C=O) groups excluding carboxylic acids is 1. The van der Waals surface area contributed by atoms with Gasteiger partial charge in [-0.25, -0.2) is 14.5 Å². The number of urea groups is 1. The first-order valence-corrected chi connectivity index (χ1v) is 9.33. The van der Waals surface area contributed by atoms with Crippen LogP contribution in [0.5, 0.6) is 0 Å². The summed E-state index contributed by atoms with van der Waals surface area (Å²) >= 11 is 2.99. The Morgan fingerprint density at radius 2 is 2.12 bits per heavy atom. The lowest BCUT2D eigenvalue weighted by Gasteiger charge is -2.08. The van der Waals surface area contributed by atoms with Crippen LogP contribution < -0.4 is 16.2 Å². The van der Waals surface area contributed by atoms with Crippen LogP contribution in [0.1, 0.15) is 10.7 Å². The van der Waals surface area contributed by atoms with Crippen molar-refractivity contribution >= 4 is 33.7 Å². The zero-order chi connectivity index (χ0) is 17.8. The highest BCUT2D eigenvalue weighted by atomic mass is 32.1. The average molecular weight is 375 g/mol. The minimum atomic E-state index is -0.305. The van der Waals surface area contributed by atoms with Gasteiger partial charge in [0.25, 0.3) is 5.56 Å². The average Bonchev–Trinajstić information content (AvgIpc) is 3.18. The van der Waals surface area contributed by atoms with Gasteiger partial charge in [0.15, 0.2) is 0 Å². The summed E-state index contributed by atoms with van der Waals surface area (Å²) in [4.78, 5) is 29.1. The van der Waals surface area contributed by atoms with Gasteiger partial charge >= 0.3 is 6.03 Å². The maximum atomic E-state index is 12.0. The fraction of sp³-hybridized carbons (Fsp3) is 0.250. The number of amides is 2. The van der Waals surface area contributed by atoms with E-state index in [1.54, 1.807) is 17.4 Å². The van der Waals surface area contributed by atoms with Crippen LogP contribution in [0.25, 0.3) is 10.6 Å². The van der Waals surface area contributed by atoms with Crippen molar-refractivity contribution in [2.24, 2.45) is 0 Å². The third kappa shape index (κ3) is 4.31. The Kier molecular flexibility index (Phi) is 5.25. The van der Waals surface area contributed by atoms with Gasteiger partial charge in [0, 0.05) is 12.6 Å². The number of aryl methyl sites for hydroxylation is 2. The molecule has 0 aliphatic carbocycles. The van der Waals surface area contributed by atoms with E-state index < -0.39 is 0 Å². The highest BCUT2D eigenvalue weighted by Gasteiger charge is 2.11. The van der Waals surface area contributed by atoms with E-state index in [9.17, 15) is 9.59 Å². The number of hydrogen-bond acceptors (Lipinski definition) is 6. The zero-order valence-electron chi connectivity index (χ0n) is 13.8. The molecule has 0 saturated heterocycles. The van der Waals surface area contributed by atoms with Gasteiger partial charge in [-0.3, -0.25) is 10.1 Å². The molecule has 0 spiro atoms. The van der Waals surface area contributed by atoms with Crippen molar-refractivity contribution < 1.29 is 4.79 Å². The lowest BCUT2D eigenvalue weighted by Crippen LogP contribution is -2.34. The number of hydrogen-bond donors (Lipinski definition) is 2. The molecule has 2 N–H and O–H groups in total. The second-order valence-electron chi connectivity index (χ2n) is 5.29. The van der Waals surface area contributed by atoms with Gasteiger partial charge in [0.05, 0.1) is 27.1 Å². The molecule has 7 nitrogen and oxygen atoms in total. The van der Waals surface area contributed by atoms with Gasteiger partial charge in [0.1, 0.15) is 5.69 Å². The van der Waals surface area contributed by atoms with Crippen molar-refractivity contribution in [3.05, 3.63) is 50.7 Å². The molecule has 9 heteroatoms. The molecule has 0 bridgehead atoms. The summed E-state index contributed by atoms with van der Waals surface area (Å²) in [5, 5.41) is 13.4. The lowest BCUT2D eigenvalue weighted by atomic mass is 10.3. The predicted octanol–water partition coefficient (Wildman–Crippen LogP) is 2.87. The van der Waals surface area contributed by atoms with E-state index in [2.05, 4.69) is 20.7 Å². The minimum Gasteiger partial charge on any atom is -0.336 e. The van der Waals surface area contributed by atoms with Crippen molar-refractivity contribution in [2.45, 2.75) is 20.4 Å². The minimum absolute atomic E-state index is 0.205. The fourth-order valence-corrected chi connectivity index (χ4v) is 3.78. The molecule has 0 atom stereocenters. The number of aromatic nitrogens is 3. The summed E-state index contributed by atoms with van der Waals surface area (Å²) < 4.78 is 1.36. The summed E-state index contributed by atoms with van der Waals surface area (Å²) in [7, 11) is 0. The molecule has 3 heterocycles. The van der Waals surface area contributed by atoms with E-state index in [4.69, 9.17) is 0 Å². The van der Waals surface area contributed by atoms with Crippen LogP contribution in [0, 0.1) is 13.8 Å². The van der Waals surface area contributed by atoms with Gasteiger partial charge in [-0.05, 0) is 37.4 Å². The Labute approximate surface area is 152 Å². The summed E-state index contributed by atoms with van der Waals surface area (Å²) in [5.74, 6) is 0. The summed E-state index contributed by atoms with van der Waals surface area (Å²) in [6, 6.07) is 6.57. The number of anilines is 1.